The van der Waals surface area contributed by atoms with E-state index in [1.54, 1.807) is 0 Å². The van der Waals surface area contributed by atoms with Gasteiger partial charge >= 0.3 is 5.97 Å². The van der Waals surface area contributed by atoms with Crippen molar-refractivity contribution in [1.29, 1.82) is 0 Å². The van der Waals surface area contributed by atoms with Crippen molar-refractivity contribution < 1.29 is 14.6 Å². The summed E-state index contributed by atoms with van der Waals surface area (Å²) in [6.45, 7) is 6.39. The maximum atomic E-state index is 11.8. The van der Waals surface area contributed by atoms with E-state index in [1.165, 1.54) is 26.2 Å². The average Bonchev–Trinajstić information content (AvgIpc) is 3.04. The second-order valence-corrected chi connectivity index (χ2v) is 11.6. The summed E-state index contributed by atoms with van der Waals surface area (Å²) < 4.78 is 5.61. The Labute approximate surface area is 193 Å². The van der Waals surface area contributed by atoms with Gasteiger partial charge in [0, 0.05) is 17.9 Å². The lowest BCUT2D eigenvalue weighted by Crippen LogP contribution is -2.56. The van der Waals surface area contributed by atoms with Crippen molar-refractivity contribution in [1.82, 2.24) is 0 Å². The summed E-state index contributed by atoms with van der Waals surface area (Å²) in [6.07, 6.45) is 9.94. The monoisotopic (exact) mass is 434 g/mol. The van der Waals surface area contributed by atoms with Gasteiger partial charge in [0.05, 0.1) is 0 Å². The van der Waals surface area contributed by atoms with Crippen LogP contribution in [0.1, 0.15) is 84.1 Å². The van der Waals surface area contributed by atoms with Crippen molar-refractivity contribution in [3.8, 4) is 11.8 Å². The Morgan fingerprint density at radius 1 is 1.00 bits per heavy atom. The molecular formula is C29H38O3. The van der Waals surface area contributed by atoms with Gasteiger partial charge in [-0.05, 0) is 99.0 Å². The molecule has 4 fully saturated rings. The molecule has 3 heteroatoms. The third-order valence-corrected chi connectivity index (χ3v) is 10.3. The molecular weight excluding hydrogens is 396 g/mol. The number of rotatable bonds is 1. The number of carbonyl (C=O) groups is 1. The molecule has 0 aliphatic heterocycles. The van der Waals surface area contributed by atoms with Crippen LogP contribution in [0.3, 0.4) is 0 Å². The largest absolute Gasteiger partial charge is 0.463 e. The molecule has 3 nitrogen and oxygen atoms in total. The molecule has 4 saturated carbocycles. The molecule has 4 aliphatic rings. The zero-order valence-corrected chi connectivity index (χ0v) is 19.9. The minimum absolute atomic E-state index is 0.112. The van der Waals surface area contributed by atoms with Crippen molar-refractivity contribution in [2.75, 3.05) is 0 Å². The van der Waals surface area contributed by atoms with Gasteiger partial charge in [-0.3, -0.25) is 4.79 Å². The molecule has 0 radical (unpaired) electrons. The number of esters is 1. The molecule has 1 aromatic carbocycles. The lowest BCUT2D eigenvalue weighted by Gasteiger charge is -2.61. The minimum Gasteiger partial charge on any atom is -0.463 e. The van der Waals surface area contributed by atoms with Crippen LogP contribution in [0.15, 0.2) is 30.3 Å². The number of fused-ring (bicyclic) bond motifs is 5. The topological polar surface area (TPSA) is 46.5 Å². The fourth-order valence-electron chi connectivity index (χ4n) is 8.48. The number of carbonyl (C=O) groups excluding carboxylic acids is 1. The van der Waals surface area contributed by atoms with Crippen LogP contribution in [0.2, 0.25) is 0 Å². The van der Waals surface area contributed by atoms with Gasteiger partial charge in [-0.2, -0.15) is 0 Å². The van der Waals surface area contributed by atoms with Gasteiger partial charge in [0.1, 0.15) is 11.7 Å². The molecule has 1 aromatic rings. The molecule has 0 aromatic heterocycles. The van der Waals surface area contributed by atoms with E-state index in [0.717, 1.165) is 50.0 Å². The highest BCUT2D eigenvalue weighted by Gasteiger charge is 2.64. The highest BCUT2D eigenvalue weighted by atomic mass is 16.5. The molecule has 1 N–H and O–H groups in total. The second kappa shape index (κ2) is 7.91. The van der Waals surface area contributed by atoms with Gasteiger partial charge in [-0.15, -0.1) is 0 Å². The summed E-state index contributed by atoms with van der Waals surface area (Å²) in [4.78, 5) is 11.5. The van der Waals surface area contributed by atoms with E-state index in [2.05, 4.69) is 25.7 Å². The van der Waals surface area contributed by atoms with Gasteiger partial charge in [0.15, 0.2) is 0 Å². The molecule has 0 bridgehead atoms. The van der Waals surface area contributed by atoms with Crippen molar-refractivity contribution >= 4 is 5.97 Å². The highest BCUT2D eigenvalue weighted by molar-refractivity contribution is 5.66. The van der Waals surface area contributed by atoms with Crippen LogP contribution >= 0.6 is 0 Å². The fourth-order valence-corrected chi connectivity index (χ4v) is 8.48. The molecule has 0 amide bonds. The number of aliphatic hydroxyl groups is 1. The summed E-state index contributed by atoms with van der Waals surface area (Å²) in [5.74, 6) is 9.13. The van der Waals surface area contributed by atoms with Crippen LogP contribution in [0.4, 0.5) is 0 Å². The Morgan fingerprint density at radius 2 is 1.75 bits per heavy atom. The summed E-state index contributed by atoms with van der Waals surface area (Å²) in [6, 6.07) is 10.1. The third-order valence-electron chi connectivity index (χ3n) is 10.3. The maximum absolute atomic E-state index is 11.8. The lowest BCUT2D eigenvalue weighted by molar-refractivity contribution is -0.163. The van der Waals surface area contributed by atoms with Crippen LogP contribution in [-0.4, -0.2) is 22.8 Å². The van der Waals surface area contributed by atoms with Crippen molar-refractivity contribution in [3.05, 3.63) is 35.9 Å². The molecule has 172 valence electrons. The first-order chi connectivity index (χ1) is 15.3. The maximum Gasteiger partial charge on any atom is 0.302 e. The van der Waals surface area contributed by atoms with Gasteiger partial charge in [-0.1, -0.05) is 43.9 Å². The summed E-state index contributed by atoms with van der Waals surface area (Å²) in [7, 11) is 0. The smallest absolute Gasteiger partial charge is 0.302 e. The Bertz CT molecular complexity index is 929. The average molecular weight is 435 g/mol. The number of ether oxygens (including phenoxy) is 1. The van der Waals surface area contributed by atoms with E-state index < -0.39 is 5.60 Å². The number of hydrogen-bond donors (Lipinski definition) is 1. The molecule has 32 heavy (non-hydrogen) atoms. The molecule has 8 atom stereocenters. The van der Waals surface area contributed by atoms with E-state index in [-0.39, 0.29) is 17.5 Å². The van der Waals surface area contributed by atoms with E-state index in [1.807, 2.05) is 30.3 Å². The van der Waals surface area contributed by atoms with Crippen molar-refractivity contribution in [3.63, 3.8) is 0 Å². The lowest BCUT2D eigenvalue weighted by atomic mass is 9.44. The predicted octanol–water partition coefficient (Wildman–Crippen LogP) is 5.74. The molecule has 0 unspecified atom stereocenters. The van der Waals surface area contributed by atoms with E-state index in [4.69, 9.17) is 4.74 Å². The van der Waals surface area contributed by atoms with E-state index in [0.29, 0.717) is 23.2 Å². The minimum atomic E-state index is -0.886. The van der Waals surface area contributed by atoms with Crippen LogP contribution in [0.5, 0.6) is 0 Å². The van der Waals surface area contributed by atoms with Crippen molar-refractivity contribution in [2.45, 2.75) is 90.3 Å². The van der Waals surface area contributed by atoms with E-state index >= 15 is 0 Å². The van der Waals surface area contributed by atoms with E-state index in [9.17, 15) is 9.90 Å². The summed E-state index contributed by atoms with van der Waals surface area (Å²) in [5.41, 5.74) is 0.327. The van der Waals surface area contributed by atoms with Gasteiger partial charge in [0.2, 0.25) is 0 Å². The number of hydrogen-bond acceptors (Lipinski definition) is 3. The highest BCUT2D eigenvalue weighted by Crippen LogP contribution is 2.68. The molecule has 5 rings (SSSR count). The SMILES string of the molecule is CC(=O)O[C@H]1CC[C@@]2(C)[C@H](CC[C@@H]3[C@@H]2CC[C@@]2(C)[C@H]3CC[C@]2(O)C#Cc2ccccc2)C1. The zero-order valence-electron chi connectivity index (χ0n) is 19.9. The summed E-state index contributed by atoms with van der Waals surface area (Å²) >= 11 is 0. The number of benzene rings is 1. The molecule has 0 saturated heterocycles. The standard InChI is InChI=1S/C29H38O3/c1-20(30)32-23-12-15-27(2)22(19-23)9-10-24-25(27)13-16-28(3)26(24)14-18-29(28,31)17-11-21-7-5-4-6-8-21/h4-8,22-26,31H,9-10,12-16,18-19H2,1-3H3/t22-,23+,24-,25+,26+,27+,28+,29-/m1/s1. The van der Waals surface area contributed by atoms with Crippen LogP contribution in [0, 0.1) is 46.3 Å². The first-order valence-electron chi connectivity index (χ1n) is 12.7. The quantitative estimate of drug-likeness (QED) is 0.453. The van der Waals surface area contributed by atoms with Gasteiger partial charge in [0.25, 0.3) is 0 Å². The summed E-state index contributed by atoms with van der Waals surface area (Å²) in [5, 5.41) is 11.8. The molecule has 4 aliphatic carbocycles. The first kappa shape index (κ1) is 22.0. The Balaban J connectivity index is 1.36. The zero-order chi connectivity index (χ0) is 22.6. The second-order valence-electron chi connectivity index (χ2n) is 11.6. The Morgan fingerprint density at radius 3 is 2.50 bits per heavy atom. The normalized spacial score (nSPS) is 44.9. The molecule has 0 spiro atoms. The Hall–Kier alpha value is -1.79. The Kier molecular flexibility index (Phi) is 5.44. The van der Waals surface area contributed by atoms with Crippen LogP contribution in [-0.2, 0) is 9.53 Å². The third kappa shape index (κ3) is 3.41. The predicted molar refractivity (Wildman–Crippen MR) is 126 cm³/mol. The van der Waals surface area contributed by atoms with Crippen molar-refractivity contribution in [2.24, 2.45) is 34.5 Å². The fraction of sp³-hybridized carbons (Fsp3) is 0.690. The van der Waals surface area contributed by atoms with Crippen LogP contribution in [0.25, 0.3) is 0 Å². The first-order valence-corrected chi connectivity index (χ1v) is 12.7. The van der Waals surface area contributed by atoms with Gasteiger partial charge < -0.3 is 9.84 Å². The van der Waals surface area contributed by atoms with Crippen LogP contribution < -0.4 is 0 Å². The van der Waals surface area contributed by atoms with Gasteiger partial charge in [-0.25, -0.2) is 0 Å². The molecule has 0 heterocycles.